The lowest BCUT2D eigenvalue weighted by molar-refractivity contribution is -0.132. The first-order valence-corrected chi connectivity index (χ1v) is 11.4. The molecule has 3 aromatic heterocycles. The van der Waals surface area contributed by atoms with Crippen molar-refractivity contribution < 1.29 is 9.21 Å². The van der Waals surface area contributed by atoms with Gasteiger partial charge < -0.3 is 9.32 Å². The van der Waals surface area contributed by atoms with Crippen molar-refractivity contribution in [3.63, 3.8) is 0 Å². The maximum absolute atomic E-state index is 13.1. The number of aromatic nitrogens is 5. The average molecular weight is 478 g/mol. The highest BCUT2D eigenvalue weighted by molar-refractivity contribution is 6.33. The van der Waals surface area contributed by atoms with Crippen molar-refractivity contribution in [1.82, 2.24) is 29.7 Å². The first-order valence-electron chi connectivity index (χ1n) is 11.0. The molecule has 4 aromatic rings. The molecule has 0 saturated heterocycles. The molecule has 1 amide bonds. The lowest BCUT2D eigenvalue weighted by atomic mass is 10.1. The molecule has 0 saturated carbocycles. The molecule has 3 heterocycles. The Hall–Kier alpha value is -3.77. The molecule has 0 aliphatic rings. The summed E-state index contributed by atoms with van der Waals surface area (Å²) in [6, 6.07) is 9.35. The lowest BCUT2D eigenvalue weighted by Gasteiger charge is -2.21. The van der Waals surface area contributed by atoms with E-state index in [0.29, 0.717) is 53.0 Å². The molecule has 0 bridgehead atoms. The van der Waals surface area contributed by atoms with E-state index < -0.39 is 0 Å². The number of rotatable bonds is 8. The van der Waals surface area contributed by atoms with E-state index in [4.69, 9.17) is 16.0 Å². The zero-order valence-corrected chi connectivity index (χ0v) is 20.0. The predicted molar refractivity (Wildman–Crippen MR) is 126 cm³/mol. The highest BCUT2D eigenvalue weighted by Gasteiger charge is 2.20. The van der Waals surface area contributed by atoms with Gasteiger partial charge in [-0.1, -0.05) is 30.7 Å². The SMILES string of the molecule is CCCN(Cc1nnc(-c2ccccc2Cl)o1)C(=O)CCc1c(C)nc2c(C#N)cnn2c1C. The number of hydrogen-bond donors (Lipinski definition) is 0. The van der Waals surface area contributed by atoms with E-state index in [1.807, 2.05) is 39.0 Å². The summed E-state index contributed by atoms with van der Waals surface area (Å²) in [6.45, 7) is 6.63. The Kier molecular flexibility index (Phi) is 6.89. The highest BCUT2D eigenvalue weighted by atomic mass is 35.5. The van der Waals surface area contributed by atoms with Gasteiger partial charge in [-0.15, -0.1) is 10.2 Å². The van der Waals surface area contributed by atoms with Crippen molar-refractivity contribution in [3.8, 4) is 17.5 Å². The molecule has 0 N–H and O–H groups in total. The van der Waals surface area contributed by atoms with Gasteiger partial charge in [-0.05, 0) is 44.4 Å². The van der Waals surface area contributed by atoms with Gasteiger partial charge >= 0.3 is 0 Å². The smallest absolute Gasteiger partial charge is 0.249 e. The third-order valence-corrected chi connectivity index (χ3v) is 5.99. The summed E-state index contributed by atoms with van der Waals surface area (Å²) >= 11 is 6.23. The quantitative estimate of drug-likeness (QED) is 0.372. The van der Waals surface area contributed by atoms with Crippen LogP contribution in [0.4, 0.5) is 0 Å². The molecule has 4 rings (SSSR count). The van der Waals surface area contributed by atoms with Crippen LogP contribution in [0.25, 0.3) is 17.1 Å². The van der Waals surface area contributed by atoms with E-state index in [0.717, 1.165) is 23.4 Å². The largest absolute Gasteiger partial charge is 0.419 e. The van der Waals surface area contributed by atoms with Crippen LogP contribution in [0, 0.1) is 25.2 Å². The summed E-state index contributed by atoms with van der Waals surface area (Å²) in [7, 11) is 0. The van der Waals surface area contributed by atoms with Crippen molar-refractivity contribution in [1.29, 1.82) is 5.26 Å². The van der Waals surface area contributed by atoms with Gasteiger partial charge in [0.1, 0.15) is 11.6 Å². The summed E-state index contributed by atoms with van der Waals surface area (Å²) in [6.07, 6.45) is 3.11. The second-order valence-corrected chi connectivity index (χ2v) is 8.37. The molecule has 0 radical (unpaired) electrons. The molecule has 0 unspecified atom stereocenters. The number of benzene rings is 1. The standard InChI is InChI=1S/C24H24ClN7O2/c1-4-11-31(14-21-29-30-24(34-21)19-7-5-6-8-20(19)25)22(33)10-9-18-15(2)28-23-17(12-26)13-27-32(23)16(18)3/h5-8,13H,4,9-11,14H2,1-3H3. The summed E-state index contributed by atoms with van der Waals surface area (Å²) in [5.41, 5.74) is 4.23. The second kappa shape index (κ2) is 10.0. The minimum absolute atomic E-state index is 0.0172. The number of aryl methyl sites for hydroxylation is 2. The number of nitrogens with zero attached hydrogens (tertiary/aromatic N) is 7. The van der Waals surface area contributed by atoms with E-state index in [-0.39, 0.29) is 12.5 Å². The monoisotopic (exact) mass is 477 g/mol. The van der Waals surface area contributed by atoms with Crippen molar-refractivity contribution in [2.45, 2.75) is 46.6 Å². The van der Waals surface area contributed by atoms with Crippen LogP contribution in [0.15, 0.2) is 34.9 Å². The molecule has 0 aliphatic carbocycles. The Balaban J connectivity index is 1.48. The van der Waals surface area contributed by atoms with Crippen LogP contribution in [0.3, 0.4) is 0 Å². The minimum atomic E-state index is -0.0172. The molecule has 10 heteroatoms. The Bertz CT molecular complexity index is 1390. The zero-order chi connectivity index (χ0) is 24.2. The molecule has 0 spiro atoms. The molecule has 34 heavy (non-hydrogen) atoms. The van der Waals surface area contributed by atoms with E-state index in [1.54, 1.807) is 15.5 Å². The number of amides is 1. The molecule has 9 nitrogen and oxygen atoms in total. The fourth-order valence-corrected chi connectivity index (χ4v) is 4.14. The third-order valence-electron chi connectivity index (χ3n) is 5.66. The Morgan fingerprint density at radius 3 is 2.79 bits per heavy atom. The second-order valence-electron chi connectivity index (χ2n) is 7.96. The van der Waals surface area contributed by atoms with Crippen LogP contribution in [0.5, 0.6) is 0 Å². The van der Waals surface area contributed by atoms with Gasteiger partial charge in [0.05, 0.1) is 23.3 Å². The van der Waals surface area contributed by atoms with Crippen LogP contribution in [0.2, 0.25) is 5.02 Å². The van der Waals surface area contributed by atoms with Gasteiger partial charge in [0.15, 0.2) is 5.65 Å². The van der Waals surface area contributed by atoms with Gasteiger partial charge in [0.2, 0.25) is 17.7 Å². The van der Waals surface area contributed by atoms with E-state index in [1.165, 1.54) is 6.20 Å². The van der Waals surface area contributed by atoms with Gasteiger partial charge in [0, 0.05) is 24.4 Å². The normalized spacial score (nSPS) is 11.0. The fourth-order valence-electron chi connectivity index (χ4n) is 3.93. The highest BCUT2D eigenvalue weighted by Crippen LogP contribution is 2.26. The number of fused-ring (bicyclic) bond motifs is 1. The van der Waals surface area contributed by atoms with Crippen molar-refractivity contribution in [2.75, 3.05) is 6.54 Å². The van der Waals surface area contributed by atoms with Gasteiger partial charge in [-0.2, -0.15) is 10.4 Å². The van der Waals surface area contributed by atoms with Crippen molar-refractivity contribution in [2.24, 2.45) is 0 Å². The van der Waals surface area contributed by atoms with Crippen LogP contribution in [-0.4, -0.2) is 42.1 Å². The first kappa shape index (κ1) is 23.4. The predicted octanol–water partition coefficient (Wildman–Crippen LogP) is 4.29. The maximum atomic E-state index is 13.1. The van der Waals surface area contributed by atoms with Gasteiger partial charge in [0.25, 0.3) is 0 Å². The first-order chi connectivity index (χ1) is 16.4. The fraction of sp³-hybridized carbons (Fsp3) is 0.333. The average Bonchev–Trinajstić information content (AvgIpc) is 3.45. The number of hydrogen-bond acceptors (Lipinski definition) is 7. The van der Waals surface area contributed by atoms with E-state index in [2.05, 4.69) is 26.3 Å². The van der Waals surface area contributed by atoms with Crippen molar-refractivity contribution in [3.05, 3.63) is 63.9 Å². The maximum Gasteiger partial charge on any atom is 0.249 e. The van der Waals surface area contributed by atoms with E-state index in [9.17, 15) is 10.1 Å². The van der Waals surface area contributed by atoms with Crippen LogP contribution in [-0.2, 0) is 17.8 Å². The topological polar surface area (TPSA) is 113 Å². The summed E-state index contributed by atoms with van der Waals surface area (Å²) in [5.74, 6) is 0.662. The van der Waals surface area contributed by atoms with Gasteiger partial charge in [-0.3, -0.25) is 4.79 Å². The number of carbonyl (C=O) groups is 1. The number of halogens is 1. The summed E-state index contributed by atoms with van der Waals surface area (Å²) in [5, 5.41) is 22.2. The number of nitriles is 1. The molecular formula is C24H24ClN7O2. The van der Waals surface area contributed by atoms with Crippen LogP contribution < -0.4 is 0 Å². The van der Waals surface area contributed by atoms with Crippen LogP contribution >= 0.6 is 11.6 Å². The molecule has 0 fully saturated rings. The molecular weight excluding hydrogens is 454 g/mol. The minimum Gasteiger partial charge on any atom is -0.419 e. The Labute approximate surface area is 202 Å². The summed E-state index contributed by atoms with van der Waals surface area (Å²) < 4.78 is 7.45. The number of carbonyl (C=O) groups excluding carboxylic acids is 1. The molecule has 0 aliphatic heterocycles. The Morgan fingerprint density at radius 1 is 1.26 bits per heavy atom. The molecule has 0 atom stereocenters. The Morgan fingerprint density at radius 2 is 2.06 bits per heavy atom. The molecule has 1 aromatic carbocycles. The van der Waals surface area contributed by atoms with E-state index >= 15 is 0 Å². The summed E-state index contributed by atoms with van der Waals surface area (Å²) in [4.78, 5) is 19.4. The lowest BCUT2D eigenvalue weighted by Crippen LogP contribution is -2.31. The third kappa shape index (κ3) is 4.63. The molecule has 174 valence electrons. The van der Waals surface area contributed by atoms with Crippen LogP contribution in [0.1, 0.15) is 48.2 Å². The zero-order valence-electron chi connectivity index (χ0n) is 19.2. The van der Waals surface area contributed by atoms with Crippen molar-refractivity contribution >= 4 is 23.2 Å². The van der Waals surface area contributed by atoms with Gasteiger partial charge in [-0.25, -0.2) is 9.50 Å².